The second kappa shape index (κ2) is 11.4. The van der Waals surface area contributed by atoms with Gasteiger partial charge in [-0.05, 0) is 38.0 Å². The van der Waals surface area contributed by atoms with Gasteiger partial charge < -0.3 is 15.2 Å². The highest BCUT2D eigenvalue weighted by Gasteiger charge is 2.12. The predicted molar refractivity (Wildman–Crippen MR) is 90.3 cm³/mol. The van der Waals surface area contributed by atoms with Gasteiger partial charge in [0.1, 0.15) is 11.6 Å². The van der Waals surface area contributed by atoms with Crippen molar-refractivity contribution in [3.05, 3.63) is 41.5 Å². The summed E-state index contributed by atoms with van der Waals surface area (Å²) in [5.74, 6) is 0.705. The third-order valence-corrected chi connectivity index (χ3v) is 2.87. The molecule has 0 unspecified atom stereocenters. The number of allylic oxidation sites excluding steroid dienone is 1. The number of amidine groups is 1. The van der Waals surface area contributed by atoms with E-state index in [1.807, 2.05) is 12.1 Å². The van der Waals surface area contributed by atoms with E-state index in [2.05, 4.69) is 24.0 Å². The zero-order valence-electron chi connectivity index (χ0n) is 14.1. The van der Waals surface area contributed by atoms with Crippen LogP contribution in [-0.2, 0) is 16.0 Å². The fourth-order valence-electron chi connectivity index (χ4n) is 1.56. The molecule has 1 aromatic rings. The van der Waals surface area contributed by atoms with Gasteiger partial charge in [0.2, 0.25) is 0 Å². The van der Waals surface area contributed by atoms with E-state index in [1.54, 1.807) is 27.0 Å². The molecular formula is C17H26N2O3. The van der Waals surface area contributed by atoms with Crippen LogP contribution in [0.5, 0.6) is 5.75 Å². The van der Waals surface area contributed by atoms with Crippen LogP contribution < -0.4 is 10.5 Å². The maximum absolute atomic E-state index is 11.1. The number of rotatable bonds is 5. The maximum atomic E-state index is 11.1. The van der Waals surface area contributed by atoms with E-state index in [0.29, 0.717) is 12.2 Å². The molecule has 0 aliphatic rings. The molecule has 2 N–H and O–H groups in total. The Bertz CT molecular complexity index is 482. The largest absolute Gasteiger partial charge is 0.497 e. The Hall–Kier alpha value is -2.30. The van der Waals surface area contributed by atoms with Crippen LogP contribution in [0, 0.1) is 0 Å². The van der Waals surface area contributed by atoms with Crippen LogP contribution >= 0.6 is 0 Å². The number of carbonyl (C=O) groups is 1. The van der Waals surface area contributed by atoms with Crippen molar-refractivity contribution in [2.75, 3.05) is 20.8 Å². The second-order valence-corrected chi connectivity index (χ2v) is 4.23. The average molecular weight is 306 g/mol. The van der Waals surface area contributed by atoms with Crippen LogP contribution in [0.4, 0.5) is 0 Å². The molecule has 0 saturated carbocycles. The molecule has 0 amide bonds. The quantitative estimate of drug-likeness (QED) is 0.393. The van der Waals surface area contributed by atoms with Gasteiger partial charge in [0.05, 0.1) is 19.3 Å². The summed E-state index contributed by atoms with van der Waals surface area (Å²) in [6.07, 6.45) is 2.67. The molecule has 0 bridgehead atoms. The molecule has 1 rings (SSSR count). The SMILES string of the molecule is C/C=C(/C(=O)OCC)C(N)=NC.CCc1ccc(OC)cc1. The van der Waals surface area contributed by atoms with Gasteiger partial charge in [0, 0.05) is 7.05 Å². The van der Waals surface area contributed by atoms with Gasteiger partial charge in [0.25, 0.3) is 0 Å². The molecule has 1 aromatic carbocycles. The number of aryl methyl sites for hydroxylation is 1. The van der Waals surface area contributed by atoms with Crippen molar-refractivity contribution >= 4 is 11.8 Å². The van der Waals surface area contributed by atoms with Gasteiger partial charge in [-0.2, -0.15) is 0 Å². The molecule has 0 aliphatic heterocycles. The molecule has 0 aromatic heterocycles. The van der Waals surface area contributed by atoms with E-state index < -0.39 is 5.97 Å². The molecule has 0 spiro atoms. The Morgan fingerprint density at radius 3 is 2.23 bits per heavy atom. The van der Waals surface area contributed by atoms with Crippen LogP contribution in [0.2, 0.25) is 0 Å². The number of benzene rings is 1. The van der Waals surface area contributed by atoms with E-state index in [-0.39, 0.29) is 5.84 Å². The van der Waals surface area contributed by atoms with Crippen molar-refractivity contribution in [3.8, 4) is 5.75 Å². The van der Waals surface area contributed by atoms with E-state index >= 15 is 0 Å². The lowest BCUT2D eigenvalue weighted by molar-refractivity contribution is -0.137. The molecule has 0 aliphatic carbocycles. The highest BCUT2D eigenvalue weighted by Crippen LogP contribution is 2.10. The van der Waals surface area contributed by atoms with Gasteiger partial charge in [-0.25, -0.2) is 4.79 Å². The van der Waals surface area contributed by atoms with Crippen molar-refractivity contribution in [2.45, 2.75) is 27.2 Å². The third-order valence-electron chi connectivity index (χ3n) is 2.87. The summed E-state index contributed by atoms with van der Waals surface area (Å²) >= 11 is 0. The van der Waals surface area contributed by atoms with Crippen LogP contribution in [0.3, 0.4) is 0 Å². The number of nitrogens with two attached hydrogens (primary N) is 1. The Labute approximate surface area is 132 Å². The smallest absolute Gasteiger partial charge is 0.341 e. The Balaban J connectivity index is 0.000000406. The topological polar surface area (TPSA) is 73.9 Å². The zero-order valence-corrected chi connectivity index (χ0v) is 14.1. The van der Waals surface area contributed by atoms with Crippen LogP contribution in [0.25, 0.3) is 0 Å². The Morgan fingerprint density at radius 2 is 1.86 bits per heavy atom. The fraction of sp³-hybridized carbons (Fsp3) is 0.412. The maximum Gasteiger partial charge on any atom is 0.341 e. The average Bonchev–Trinajstić information content (AvgIpc) is 2.56. The summed E-state index contributed by atoms with van der Waals surface area (Å²) in [6.45, 7) is 5.93. The molecule has 5 heteroatoms. The highest BCUT2D eigenvalue weighted by molar-refractivity contribution is 6.18. The Kier molecular flexibility index (Phi) is 10.2. The van der Waals surface area contributed by atoms with E-state index in [4.69, 9.17) is 15.2 Å². The van der Waals surface area contributed by atoms with Crippen LogP contribution in [-0.4, -0.2) is 32.6 Å². The first-order chi connectivity index (χ1) is 10.5. The first-order valence-corrected chi connectivity index (χ1v) is 7.22. The summed E-state index contributed by atoms with van der Waals surface area (Å²) in [6, 6.07) is 8.13. The first kappa shape index (κ1) is 19.7. The van der Waals surface area contributed by atoms with Gasteiger partial charge in [0.15, 0.2) is 0 Å². The Morgan fingerprint density at radius 1 is 1.27 bits per heavy atom. The van der Waals surface area contributed by atoms with E-state index in [9.17, 15) is 4.79 Å². The molecular weight excluding hydrogens is 280 g/mol. The number of hydrogen-bond donors (Lipinski definition) is 1. The lowest BCUT2D eigenvalue weighted by Crippen LogP contribution is -2.22. The van der Waals surface area contributed by atoms with Crippen molar-refractivity contribution in [1.29, 1.82) is 0 Å². The van der Waals surface area contributed by atoms with Crippen molar-refractivity contribution in [1.82, 2.24) is 0 Å². The number of esters is 1. The molecule has 22 heavy (non-hydrogen) atoms. The van der Waals surface area contributed by atoms with Gasteiger partial charge in [-0.15, -0.1) is 0 Å². The molecule has 0 saturated heterocycles. The predicted octanol–water partition coefficient (Wildman–Crippen LogP) is 2.74. The molecule has 5 nitrogen and oxygen atoms in total. The lowest BCUT2D eigenvalue weighted by atomic mass is 10.2. The van der Waals surface area contributed by atoms with E-state index in [0.717, 1.165) is 12.2 Å². The van der Waals surface area contributed by atoms with Crippen LogP contribution in [0.15, 0.2) is 40.9 Å². The number of carbonyl (C=O) groups excluding carboxylic acids is 1. The third kappa shape index (κ3) is 6.92. The summed E-state index contributed by atoms with van der Waals surface area (Å²) in [5.41, 5.74) is 7.11. The number of aliphatic imine (C=N–C) groups is 1. The number of hydrogen-bond acceptors (Lipinski definition) is 4. The monoisotopic (exact) mass is 306 g/mol. The molecule has 0 fully saturated rings. The summed E-state index contributed by atoms with van der Waals surface area (Å²) in [5, 5.41) is 0. The number of ether oxygens (including phenoxy) is 2. The lowest BCUT2D eigenvalue weighted by Gasteiger charge is -2.04. The molecule has 0 radical (unpaired) electrons. The van der Waals surface area contributed by atoms with Crippen molar-refractivity contribution in [3.63, 3.8) is 0 Å². The molecule has 0 atom stereocenters. The van der Waals surface area contributed by atoms with Gasteiger partial charge >= 0.3 is 5.97 Å². The minimum atomic E-state index is -0.428. The minimum absolute atomic E-state index is 0.205. The fourth-order valence-corrected chi connectivity index (χ4v) is 1.56. The number of nitrogens with zero attached hydrogens (tertiary/aromatic N) is 1. The van der Waals surface area contributed by atoms with Crippen molar-refractivity contribution < 1.29 is 14.3 Å². The summed E-state index contributed by atoms with van der Waals surface area (Å²) in [7, 11) is 3.21. The summed E-state index contributed by atoms with van der Waals surface area (Å²) in [4.78, 5) is 14.8. The summed E-state index contributed by atoms with van der Waals surface area (Å²) < 4.78 is 9.76. The molecule has 0 heterocycles. The van der Waals surface area contributed by atoms with E-state index in [1.165, 1.54) is 12.6 Å². The van der Waals surface area contributed by atoms with Crippen molar-refractivity contribution in [2.24, 2.45) is 10.7 Å². The molecule has 122 valence electrons. The van der Waals surface area contributed by atoms with Gasteiger partial charge in [-0.3, -0.25) is 4.99 Å². The highest BCUT2D eigenvalue weighted by atomic mass is 16.5. The number of methoxy groups -OCH3 is 1. The first-order valence-electron chi connectivity index (χ1n) is 7.22. The van der Waals surface area contributed by atoms with Gasteiger partial charge in [-0.1, -0.05) is 25.1 Å². The zero-order chi connectivity index (χ0) is 17.0. The second-order valence-electron chi connectivity index (χ2n) is 4.23. The standard InChI is InChI=1S/C9H12O.C8H14N2O2/c1-3-8-4-6-9(10-2)7-5-8;1-4-6(7(9)10-3)8(11)12-5-2/h4-7H,3H2,1-2H3;4H,5H2,1-3H3,(H2,9,10)/b;6-4+. The normalized spacial score (nSPS) is 11.3. The van der Waals surface area contributed by atoms with Crippen LogP contribution in [0.1, 0.15) is 26.3 Å². The minimum Gasteiger partial charge on any atom is -0.497 e.